The first-order valence-electron chi connectivity index (χ1n) is 11.5. The van der Waals surface area contributed by atoms with E-state index in [9.17, 15) is 18.9 Å². The van der Waals surface area contributed by atoms with Crippen LogP contribution in [-0.2, 0) is 23.4 Å². The van der Waals surface area contributed by atoms with Gasteiger partial charge < -0.3 is 18.7 Å². The largest absolute Gasteiger partial charge is 0.459 e. The number of aromatic nitrogens is 2. The third-order valence-corrected chi connectivity index (χ3v) is 7.45. The second-order valence-electron chi connectivity index (χ2n) is 8.26. The van der Waals surface area contributed by atoms with E-state index in [-0.39, 0.29) is 19.0 Å². The van der Waals surface area contributed by atoms with Crippen LogP contribution in [0.1, 0.15) is 18.7 Å². The first-order valence-corrected chi connectivity index (χ1v) is 13.8. The molecule has 1 fully saturated rings. The Morgan fingerprint density at radius 1 is 1.18 bits per heavy atom. The number of benzene rings is 2. The highest BCUT2D eigenvalue weighted by Gasteiger charge is 2.36. The predicted octanol–water partition coefficient (Wildman–Crippen LogP) is 3.27. The van der Waals surface area contributed by atoms with Crippen molar-refractivity contribution in [1.29, 1.82) is 0 Å². The van der Waals surface area contributed by atoms with Gasteiger partial charge >= 0.3 is 19.4 Å². The Morgan fingerprint density at radius 3 is 2.61 bits per heavy atom. The van der Waals surface area contributed by atoms with Crippen molar-refractivity contribution in [2.45, 2.75) is 32.4 Å². The highest BCUT2D eigenvalue weighted by atomic mass is 79.9. The summed E-state index contributed by atoms with van der Waals surface area (Å²) in [6.45, 7) is 2.62. The molecule has 1 unspecified atom stereocenters. The Hall–Kier alpha value is -3.06. The molecular weight excluding hydrogens is 585 g/mol. The molecule has 4 rings (SSSR count). The standard InChI is InChI=1S/C24H25BrN3O9P/c1-15-12-28(24(31)26-22(15)29)20-13-33-21(36-20)14-34-38(32,37-19-10-8-17(25)9-11-19)27-16(2)23(30)35-18-6-4-3-5-7-18/h3-12,16,20-21H,13-14H2,1-2H3,(H,27,32)(H,26,29,31)/t16-,20-,21-,38?/m1/s1. The van der Waals surface area contributed by atoms with Crippen molar-refractivity contribution in [3.05, 3.63) is 91.7 Å². The van der Waals surface area contributed by atoms with E-state index in [2.05, 4.69) is 26.0 Å². The fraction of sp³-hybridized carbons (Fsp3) is 0.292. The zero-order valence-corrected chi connectivity index (χ0v) is 22.8. The number of carbonyl (C=O) groups is 1. The van der Waals surface area contributed by atoms with Gasteiger partial charge in [0.15, 0.2) is 12.5 Å². The van der Waals surface area contributed by atoms with Crippen LogP contribution >= 0.6 is 23.7 Å². The summed E-state index contributed by atoms with van der Waals surface area (Å²) in [4.78, 5) is 38.6. The van der Waals surface area contributed by atoms with Gasteiger partial charge in [-0.1, -0.05) is 34.1 Å². The first kappa shape index (κ1) is 28.0. The maximum Gasteiger partial charge on any atom is 0.459 e. The SMILES string of the molecule is Cc1cn([C@H]2CO[C@@H](COP(=O)(N[C@H](C)C(=O)Oc3ccccc3)Oc3ccc(Br)cc3)O2)c(=O)[nH]c1=O. The zero-order valence-electron chi connectivity index (χ0n) is 20.4. The van der Waals surface area contributed by atoms with Crippen LogP contribution in [0.15, 0.2) is 74.9 Å². The molecule has 14 heteroatoms. The van der Waals surface area contributed by atoms with Crippen molar-refractivity contribution in [3.8, 4) is 11.5 Å². The molecule has 0 aliphatic carbocycles. The van der Waals surface area contributed by atoms with Gasteiger partial charge in [0.25, 0.3) is 5.56 Å². The van der Waals surface area contributed by atoms with Crippen molar-refractivity contribution in [3.63, 3.8) is 0 Å². The molecule has 0 saturated carbocycles. The Labute approximate surface area is 225 Å². The molecular formula is C24H25BrN3O9P. The van der Waals surface area contributed by atoms with Crippen molar-refractivity contribution in [1.82, 2.24) is 14.6 Å². The molecule has 4 atom stereocenters. The number of hydrogen-bond donors (Lipinski definition) is 2. The van der Waals surface area contributed by atoms with Crippen LogP contribution in [0.5, 0.6) is 11.5 Å². The summed E-state index contributed by atoms with van der Waals surface area (Å²) in [6, 6.07) is 13.8. The molecule has 2 aromatic carbocycles. The lowest BCUT2D eigenvalue weighted by molar-refractivity contribution is -0.136. The first-order chi connectivity index (χ1) is 18.1. The molecule has 1 saturated heterocycles. The van der Waals surface area contributed by atoms with E-state index in [0.717, 1.165) is 4.47 Å². The van der Waals surface area contributed by atoms with E-state index in [4.69, 9.17) is 23.3 Å². The van der Waals surface area contributed by atoms with Gasteiger partial charge in [-0.05, 0) is 50.2 Å². The normalized spacial score (nSPS) is 19.4. The Morgan fingerprint density at radius 2 is 1.89 bits per heavy atom. The van der Waals surface area contributed by atoms with Crippen molar-refractivity contribution < 1.29 is 32.6 Å². The number of halogens is 1. The van der Waals surface area contributed by atoms with Crippen LogP contribution in [0.3, 0.4) is 0 Å². The molecule has 0 spiro atoms. The summed E-state index contributed by atoms with van der Waals surface area (Å²) >= 11 is 3.32. The number of para-hydroxylation sites is 1. The number of hydrogen-bond acceptors (Lipinski definition) is 9. The molecule has 2 N–H and O–H groups in total. The summed E-state index contributed by atoms with van der Waals surface area (Å²) in [5.74, 6) is -0.169. The van der Waals surface area contributed by atoms with E-state index in [0.29, 0.717) is 11.3 Å². The number of carbonyl (C=O) groups excluding carboxylic acids is 1. The van der Waals surface area contributed by atoms with Gasteiger partial charge in [0, 0.05) is 16.2 Å². The Kier molecular flexibility index (Phi) is 8.98. The Balaban J connectivity index is 1.44. The van der Waals surface area contributed by atoms with E-state index >= 15 is 0 Å². The Bertz CT molecular complexity index is 1430. The van der Waals surface area contributed by atoms with Crippen LogP contribution in [0.2, 0.25) is 0 Å². The summed E-state index contributed by atoms with van der Waals surface area (Å²) in [5.41, 5.74) is -0.838. The molecule has 1 aliphatic heterocycles. The van der Waals surface area contributed by atoms with E-state index < -0.39 is 43.5 Å². The number of aryl methyl sites for hydroxylation is 1. The maximum absolute atomic E-state index is 13.7. The van der Waals surface area contributed by atoms with Gasteiger partial charge in [0.1, 0.15) is 24.1 Å². The lowest BCUT2D eigenvalue weighted by Gasteiger charge is -2.24. The molecule has 2 heterocycles. The van der Waals surface area contributed by atoms with Gasteiger partial charge in [-0.3, -0.25) is 18.9 Å². The van der Waals surface area contributed by atoms with Crippen LogP contribution in [0, 0.1) is 6.92 Å². The quantitative estimate of drug-likeness (QED) is 0.199. The van der Waals surface area contributed by atoms with Gasteiger partial charge in [0.05, 0.1) is 6.61 Å². The predicted molar refractivity (Wildman–Crippen MR) is 139 cm³/mol. The topological polar surface area (TPSA) is 147 Å². The molecule has 3 aromatic rings. The lowest BCUT2D eigenvalue weighted by atomic mass is 10.3. The summed E-state index contributed by atoms with van der Waals surface area (Å²) in [5, 5.41) is 2.58. The lowest BCUT2D eigenvalue weighted by Crippen LogP contribution is -2.37. The molecule has 202 valence electrons. The fourth-order valence-electron chi connectivity index (χ4n) is 3.34. The molecule has 12 nitrogen and oxygen atoms in total. The van der Waals surface area contributed by atoms with Crippen molar-refractivity contribution >= 4 is 29.6 Å². The molecule has 38 heavy (non-hydrogen) atoms. The average Bonchev–Trinajstić information content (AvgIpc) is 3.36. The number of aromatic amines is 1. The van der Waals surface area contributed by atoms with Crippen LogP contribution in [0.4, 0.5) is 0 Å². The summed E-state index contributed by atoms with van der Waals surface area (Å²) in [6.07, 6.45) is -0.498. The van der Waals surface area contributed by atoms with Crippen LogP contribution < -0.4 is 25.6 Å². The fourth-order valence-corrected chi connectivity index (χ4v) is 5.08. The van der Waals surface area contributed by atoms with E-state index in [1.54, 1.807) is 61.5 Å². The summed E-state index contributed by atoms with van der Waals surface area (Å²) in [7, 11) is -4.18. The minimum absolute atomic E-state index is 0.0233. The third kappa shape index (κ3) is 7.28. The van der Waals surface area contributed by atoms with Crippen molar-refractivity contribution in [2.24, 2.45) is 0 Å². The number of nitrogens with zero attached hydrogens (tertiary/aromatic N) is 1. The summed E-state index contributed by atoms with van der Waals surface area (Å²) < 4.78 is 43.4. The minimum atomic E-state index is -4.18. The average molecular weight is 610 g/mol. The minimum Gasteiger partial charge on any atom is -0.425 e. The van der Waals surface area contributed by atoms with E-state index in [1.165, 1.54) is 17.7 Å². The highest BCUT2D eigenvalue weighted by Crippen LogP contribution is 2.45. The molecule has 0 bridgehead atoms. The zero-order chi connectivity index (χ0) is 27.3. The molecule has 0 amide bonds. The monoisotopic (exact) mass is 609 g/mol. The third-order valence-electron chi connectivity index (χ3n) is 5.28. The maximum atomic E-state index is 13.7. The number of rotatable bonds is 10. The number of esters is 1. The number of nitrogens with one attached hydrogen (secondary N) is 2. The molecule has 0 radical (unpaired) electrons. The molecule has 1 aromatic heterocycles. The van der Waals surface area contributed by atoms with Crippen LogP contribution in [-0.4, -0.2) is 41.1 Å². The van der Waals surface area contributed by atoms with Gasteiger partial charge in [-0.15, -0.1) is 0 Å². The second-order valence-corrected chi connectivity index (χ2v) is 10.9. The smallest absolute Gasteiger partial charge is 0.425 e. The number of ether oxygens (including phenoxy) is 3. The van der Waals surface area contributed by atoms with Crippen molar-refractivity contribution in [2.75, 3.05) is 13.2 Å². The van der Waals surface area contributed by atoms with Gasteiger partial charge in [-0.2, -0.15) is 5.09 Å². The van der Waals surface area contributed by atoms with E-state index in [1.807, 2.05) is 0 Å². The molecule has 1 aliphatic rings. The second kappa shape index (κ2) is 12.2. The van der Waals surface area contributed by atoms with Gasteiger partial charge in [0.2, 0.25) is 0 Å². The van der Waals surface area contributed by atoms with Crippen LogP contribution in [0.25, 0.3) is 0 Å². The highest BCUT2D eigenvalue weighted by molar-refractivity contribution is 9.10. The number of H-pyrrole nitrogens is 1. The van der Waals surface area contributed by atoms with Gasteiger partial charge in [-0.25, -0.2) is 14.2 Å².